The summed E-state index contributed by atoms with van der Waals surface area (Å²) in [5, 5.41) is 3.65. The van der Waals surface area contributed by atoms with E-state index in [4.69, 9.17) is 0 Å². The van der Waals surface area contributed by atoms with Crippen LogP contribution in [0.5, 0.6) is 0 Å². The van der Waals surface area contributed by atoms with Crippen molar-refractivity contribution in [2.24, 2.45) is 0 Å². The van der Waals surface area contributed by atoms with Crippen LogP contribution in [0.25, 0.3) is 10.6 Å². The van der Waals surface area contributed by atoms with Crippen LogP contribution in [0.4, 0.5) is 4.39 Å². The van der Waals surface area contributed by atoms with E-state index in [-0.39, 0.29) is 18.1 Å². The van der Waals surface area contributed by atoms with Crippen molar-refractivity contribution >= 4 is 17.2 Å². The molecular formula is C19H17FN2OS. The van der Waals surface area contributed by atoms with Crippen molar-refractivity contribution in [3.63, 3.8) is 0 Å². The topological polar surface area (TPSA) is 42.0 Å². The van der Waals surface area contributed by atoms with Crippen LogP contribution >= 0.6 is 11.3 Å². The largest absolute Gasteiger partial charge is 0.352 e. The molecule has 0 radical (unpaired) electrons. The van der Waals surface area contributed by atoms with E-state index >= 15 is 0 Å². The van der Waals surface area contributed by atoms with E-state index in [1.807, 2.05) is 43.3 Å². The molecule has 0 atom stereocenters. The fourth-order valence-corrected chi connectivity index (χ4v) is 3.40. The summed E-state index contributed by atoms with van der Waals surface area (Å²) >= 11 is 1.43. The Kier molecular flexibility index (Phi) is 5.01. The number of aromatic nitrogens is 1. The van der Waals surface area contributed by atoms with Gasteiger partial charge in [0.15, 0.2) is 0 Å². The molecule has 0 fully saturated rings. The normalized spacial score (nSPS) is 10.6. The third-order valence-corrected chi connectivity index (χ3v) is 4.82. The standard InChI is InChI=1S/C19H17FN2OS/c1-13-17(11-18(23)21-12-14-6-3-2-4-7-14)24-19(22-13)15-8-5-9-16(20)10-15/h2-10H,11-12H2,1H3,(H,21,23). The molecule has 0 saturated carbocycles. The fraction of sp³-hybridized carbons (Fsp3) is 0.158. The number of nitrogens with zero attached hydrogens (tertiary/aromatic N) is 1. The number of amides is 1. The van der Waals surface area contributed by atoms with Crippen molar-refractivity contribution < 1.29 is 9.18 Å². The van der Waals surface area contributed by atoms with Gasteiger partial charge in [-0.25, -0.2) is 9.37 Å². The fourth-order valence-electron chi connectivity index (χ4n) is 2.34. The number of halogens is 1. The molecule has 1 aromatic heterocycles. The second-order valence-electron chi connectivity index (χ2n) is 5.48. The molecule has 24 heavy (non-hydrogen) atoms. The first-order valence-electron chi connectivity index (χ1n) is 7.64. The van der Waals surface area contributed by atoms with Gasteiger partial charge in [-0.3, -0.25) is 4.79 Å². The minimum atomic E-state index is -0.289. The summed E-state index contributed by atoms with van der Waals surface area (Å²) < 4.78 is 13.3. The third kappa shape index (κ3) is 4.06. The second kappa shape index (κ2) is 7.36. The predicted octanol–water partition coefficient (Wildman–Crippen LogP) is 4.12. The van der Waals surface area contributed by atoms with Gasteiger partial charge in [0, 0.05) is 17.0 Å². The van der Waals surface area contributed by atoms with Gasteiger partial charge in [-0.2, -0.15) is 0 Å². The molecular weight excluding hydrogens is 323 g/mol. The minimum absolute atomic E-state index is 0.0450. The lowest BCUT2D eigenvalue weighted by molar-refractivity contribution is -0.120. The zero-order chi connectivity index (χ0) is 16.9. The Bertz CT molecular complexity index is 846. The number of thiazole rings is 1. The number of carbonyl (C=O) groups is 1. The number of nitrogens with one attached hydrogen (secondary N) is 1. The predicted molar refractivity (Wildman–Crippen MR) is 94.2 cm³/mol. The van der Waals surface area contributed by atoms with Gasteiger partial charge in [-0.15, -0.1) is 11.3 Å². The number of carbonyl (C=O) groups excluding carboxylic acids is 1. The molecule has 3 nitrogen and oxygen atoms in total. The van der Waals surface area contributed by atoms with Crippen molar-refractivity contribution in [1.29, 1.82) is 0 Å². The van der Waals surface area contributed by atoms with Gasteiger partial charge >= 0.3 is 0 Å². The first-order chi connectivity index (χ1) is 11.6. The average molecular weight is 340 g/mol. The quantitative estimate of drug-likeness (QED) is 0.759. The minimum Gasteiger partial charge on any atom is -0.352 e. The Labute approximate surface area is 144 Å². The first-order valence-corrected chi connectivity index (χ1v) is 8.46. The highest BCUT2D eigenvalue weighted by molar-refractivity contribution is 7.15. The van der Waals surface area contributed by atoms with E-state index in [1.165, 1.54) is 23.5 Å². The van der Waals surface area contributed by atoms with Gasteiger partial charge in [0.25, 0.3) is 0 Å². The van der Waals surface area contributed by atoms with E-state index < -0.39 is 0 Å². The van der Waals surface area contributed by atoms with Gasteiger partial charge in [-0.05, 0) is 24.6 Å². The molecule has 122 valence electrons. The van der Waals surface area contributed by atoms with E-state index in [2.05, 4.69) is 10.3 Å². The van der Waals surface area contributed by atoms with Crippen molar-refractivity contribution in [2.75, 3.05) is 0 Å². The van der Waals surface area contributed by atoms with E-state index in [0.717, 1.165) is 26.7 Å². The van der Waals surface area contributed by atoms with Crippen molar-refractivity contribution in [2.45, 2.75) is 19.9 Å². The molecule has 5 heteroatoms. The van der Waals surface area contributed by atoms with Gasteiger partial charge in [0.1, 0.15) is 10.8 Å². The molecule has 1 heterocycles. The summed E-state index contributed by atoms with van der Waals surface area (Å²) in [6, 6.07) is 16.1. The maximum atomic E-state index is 13.3. The van der Waals surface area contributed by atoms with Gasteiger partial charge in [0.05, 0.1) is 12.1 Å². The lowest BCUT2D eigenvalue weighted by atomic mass is 10.2. The monoisotopic (exact) mass is 340 g/mol. The summed E-state index contributed by atoms with van der Waals surface area (Å²) in [7, 11) is 0. The van der Waals surface area contributed by atoms with Crippen LogP contribution in [0.2, 0.25) is 0 Å². The Morgan fingerprint density at radius 2 is 1.96 bits per heavy atom. The Hall–Kier alpha value is -2.53. The Morgan fingerprint density at radius 1 is 1.17 bits per heavy atom. The highest BCUT2D eigenvalue weighted by Gasteiger charge is 2.13. The highest BCUT2D eigenvalue weighted by atomic mass is 32.1. The molecule has 0 aliphatic rings. The van der Waals surface area contributed by atoms with Gasteiger partial charge < -0.3 is 5.32 Å². The van der Waals surface area contributed by atoms with Crippen molar-refractivity contribution in [3.05, 3.63) is 76.5 Å². The van der Waals surface area contributed by atoms with Crippen molar-refractivity contribution in [1.82, 2.24) is 10.3 Å². The van der Waals surface area contributed by atoms with E-state index in [1.54, 1.807) is 6.07 Å². The molecule has 0 unspecified atom stereocenters. The van der Waals surface area contributed by atoms with E-state index in [0.29, 0.717) is 6.54 Å². The van der Waals surface area contributed by atoms with Crippen LogP contribution in [0.15, 0.2) is 54.6 Å². The molecule has 1 N–H and O–H groups in total. The zero-order valence-electron chi connectivity index (χ0n) is 13.3. The van der Waals surface area contributed by atoms with Gasteiger partial charge in [0.2, 0.25) is 5.91 Å². The van der Waals surface area contributed by atoms with Crippen LogP contribution in [-0.2, 0) is 17.8 Å². The summed E-state index contributed by atoms with van der Waals surface area (Å²) in [4.78, 5) is 17.5. The SMILES string of the molecule is Cc1nc(-c2cccc(F)c2)sc1CC(=O)NCc1ccccc1. The highest BCUT2D eigenvalue weighted by Crippen LogP contribution is 2.28. The Balaban J connectivity index is 1.66. The van der Waals surface area contributed by atoms with E-state index in [9.17, 15) is 9.18 Å². The van der Waals surface area contributed by atoms with Crippen LogP contribution in [0.1, 0.15) is 16.1 Å². The number of hydrogen-bond donors (Lipinski definition) is 1. The maximum absolute atomic E-state index is 13.3. The molecule has 0 bridgehead atoms. The molecule has 3 rings (SSSR count). The summed E-state index contributed by atoms with van der Waals surface area (Å²) in [6.07, 6.45) is 0.283. The molecule has 0 spiro atoms. The summed E-state index contributed by atoms with van der Waals surface area (Å²) in [5.74, 6) is -0.334. The number of hydrogen-bond acceptors (Lipinski definition) is 3. The van der Waals surface area contributed by atoms with Gasteiger partial charge in [-0.1, -0.05) is 42.5 Å². The number of aryl methyl sites for hydroxylation is 1. The average Bonchev–Trinajstić information content (AvgIpc) is 2.95. The molecule has 0 aliphatic heterocycles. The number of benzene rings is 2. The second-order valence-corrected chi connectivity index (χ2v) is 6.56. The molecule has 2 aromatic carbocycles. The van der Waals surface area contributed by atoms with Crippen molar-refractivity contribution in [3.8, 4) is 10.6 Å². The van der Waals surface area contributed by atoms with Crippen LogP contribution in [0, 0.1) is 12.7 Å². The smallest absolute Gasteiger partial charge is 0.225 e. The van der Waals surface area contributed by atoms with Crippen LogP contribution in [0.3, 0.4) is 0 Å². The first kappa shape index (κ1) is 16.3. The number of rotatable bonds is 5. The zero-order valence-corrected chi connectivity index (χ0v) is 14.1. The van der Waals surface area contributed by atoms with Crippen LogP contribution < -0.4 is 5.32 Å². The molecule has 0 aliphatic carbocycles. The lowest BCUT2D eigenvalue weighted by Crippen LogP contribution is -2.24. The summed E-state index contributed by atoms with van der Waals surface area (Å²) in [6.45, 7) is 2.38. The lowest BCUT2D eigenvalue weighted by Gasteiger charge is -2.04. The molecule has 3 aromatic rings. The maximum Gasteiger partial charge on any atom is 0.225 e. The Morgan fingerprint density at radius 3 is 2.71 bits per heavy atom. The van der Waals surface area contributed by atoms with Crippen LogP contribution in [-0.4, -0.2) is 10.9 Å². The molecule has 1 amide bonds. The third-order valence-electron chi connectivity index (χ3n) is 3.62. The summed E-state index contributed by atoms with van der Waals surface area (Å²) in [5.41, 5.74) is 2.61. The molecule has 0 saturated heterocycles.